The summed E-state index contributed by atoms with van der Waals surface area (Å²) < 4.78 is 0. The van der Waals surface area contributed by atoms with Gasteiger partial charge in [0.1, 0.15) is 0 Å². The van der Waals surface area contributed by atoms with E-state index < -0.39 is 6.10 Å². The van der Waals surface area contributed by atoms with E-state index in [1.165, 1.54) is 6.42 Å². The number of aromatic nitrogens is 1. The highest BCUT2D eigenvalue weighted by atomic mass is 16.3. The van der Waals surface area contributed by atoms with Gasteiger partial charge in [0.05, 0.1) is 11.8 Å². The number of nitrogens with zero attached hydrogens (tertiary/aromatic N) is 1. The number of pyridine rings is 1. The second-order valence-electron chi connectivity index (χ2n) is 4.10. The second kappa shape index (κ2) is 5.76. The van der Waals surface area contributed by atoms with E-state index in [0.717, 1.165) is 18.5 Å². The van der Waals surface area contributed by atoms with Gasteiger partial charge in [-0.15, -0.1) is 0 Å². The molecular formula is C12H19NO. The van der Waals surface area contributed by atoms with Crippen LogP contribution in [-0.4, -0.2) is 10.1 Å². The molecule has 0 aliphatic heterocycles. The van der Waals surface area contributed by atoms with Crippen LogP contribution in [0.1, 0.15) is 44.9 Å². The van der Waals surface area contributed by atoms with E-state index in [1.54, 1.807) is 6.20 Å². The second-order valence-corrected chi connectivity index (χ2v) is 4.10. The van der Waals surface area contributed by atoms with Crippen molar-refractivity contribution in [1.82, 2.24) is 4.98 Å². The minimum Gasteiger partial charge on any atom is -0.387 e. The fraction of sp³-hybridized carbons (Fsp3) is 0.583. The van der Waals surface area contributed by atoms with Gasteiger partial charge in [-0.05, 0) is 24.5 Å². The van der Waals surface area contributed by atoms with E-state index in [9.17, 15) is 5.11 Å². The summed E-state index contributed by atoms with van der Waals surface area (Å²) in [4.78, 5) is 4.13. The predicted octanol–water partition coefficient (Wildman–Crippen LogP) is 2.94. The SMILES string of the molecule is CC(C)CCCC(O)c1ccccn1. The first kappa shape index (κ1) is 11.2. The highest BCUT2D eigenvalue weighted by Gasteiger charge is 2.07. The molecule has 0 aliphatic rings. The van der Waals surface area contributed by atoms with E-state index >= 15 is 0 Å². The van der Waals surface area contributed by atoms with Crippen molar-refractivity contribution in [1.29, 1.82) is 0 Å². The highest BCUT2D eigenvalue weighted by Crippen LogP contribution is 2.18. The highest BCUT2D eigenvalue weighted by molar-refractivity contribution is 5.06. The molecule has 0 saturated carbocycles. The van der Waals surface area contributed by atoms with Gasteiger partial charge < -0.3 is 5.11 Å². The lowest BCUT2D eigenvalue weighted by Gasteiger charge is -2.10. The summed E-state index contributed by atoms with van der Waals surface area (Å²) in [7, 11) is 0. The van der Waals surface area contributed by atoms with Crippen molar-refractivity contribution in [3.05, 3.63) is 30.1 Å². The van der Waals surface area contributed by atoms with Gasteiger partial charge in [-0.25, -0.2) is 0 Å². The molecule has 0 amide bonds. The number of hydrogen-bond donors (Lipinski definition) is 1. The van der Waals surface area contributed by atoms with Crippen molar-refractivity contribution in [2.75, 3.05) is 0 Å². The normalized spacial score (nSPS) is 13.1. The molecule has 0 fully saturated rings. The Morgan fingerprint density at radius 1 is 1.29 bits per heavy atom. The van der Waals surface area contributed by atoms with E-state index in [2.05, 4.69) is 18.8 Å². The summed E-state index contributed by atoms with van der Waals surface area (Å²) in [5.41, 5.74) is 0.788. The van der Waals surface area contributed by atoms with E-state index in [0.29, 0.717) is 5.92 Å². The minimum atomic E-state index is -0.394. The van der Waals surface area contributed by atoms with Gasteiger partial charge in [0, 0.05) is 6.20 Å². The lowest BCUT2D eigenvalue weighted by atomic mass is 10.0. The Bertz CT molecular complexity index is 246. The van der Waals surface area contributed by atoms with Crippen LogP contribution >= 0.6 is 0 Å². The molecule has 1 atom stereocenters. The monoisotopic (exact) mass is 193 g/mol. The molecule has 1 unspecified atom stereocenters. The molecular weight excluding hydrogens is 174 g/mol. The van der Waals surface area contributed by atoms with Crippen molar-refractivity contribution < 1.29 is 5.11 Å². The fourth-order valence-electron chi connectivity index (χ4n) is 1.44. The molecule has 1 heterocycles. The van der Waals surface area contributed by atoms with Crippen molar-refractivity contribution >= 4 is 0 Å². The maximum atomic E-state index is 9.77. The van der Waals surface area contributed by atoms with Crippen molar-refractivity contribution in [3.63, 3.8) is 0 Å². The van der Waals surface area contributed by atoms with Crippen LogP contribution in [0.25, 0.3) is 0 Å². The average molecular weight is 193 g/mol. The van der Waals surface area contributed by atoms with Crippen molar-refractivity contribution in [2.24, 2.45) is 5.92 Å². The van der Waals surface area contributed by atoms with E-state index in [1.807, 2.05) is 18.2 Å². The smallest absolute Gasteiger partial charge is 0.0959 e. The molecule has 1 aromatic rings. The molecule has 78 valence electrons. The molecule has 1 N–H and O–H groups in total. The summed E-state index contributed by atoms with van der Waals surface area (Å²) in [6.45, 7) is 4.40. The summed E-state index contributed by atoms with van der Waals surface area (Å²) in [5, 5.41) is 9.77. The Labute approximate surface area is 86.0 Å². The van der Waals surface area contributed by atoms with Crippen LogP contribution in [-0.2, 0) is 0 Å². The van der Waals surface area contributed by atoms with Crippen LogP contribution in [0.2, 0.25) is 0 Å². The summed E-state index contributed by atoms with van der Waals surface area (Å²) >= 11 is 0. The van der Waals surface area contributed by atoms with Gasteiger partial charge in [-0.3, -0.25) is 4.98 Å². The first-order valence-corrected chi connectivity index (χ1v) is 5.29. The molecule has 14 heavy (non-hydrogen) atoms. The Morgan fingerprint density at radius 2 is 2.07 bits per heavy atom. The number of aliphatic hydroxyl groups excluding tert-OH is 1. The van der Waals surface area contributed by atoms with Crippen LogP contribution in [0, 0.1) is 5.92 Å². The Balaban J connectivity index is 2.32. The van der Waals surface area contributed by atoms with Gasteiger partial charge in [0.2, 0.25) is 0 Å². The molecule has 0 radical (unpaired) electrons. The van der Waals surface area contributed by atoms with E-state index in [-0.39, 0.29) is 0 Å². The molecule has 2 heteroatoms. The molecule has 0 spiro atoms. The summed E-state index contributed by atoms with van der Waals surface area (Å²) in [6, 6.07) is 5.65. The molecule has 2 nitrogen and oxygen atoms in total. The minimum absolute atomic E-state index is 0.394. The maximum absolute atomic E-state index is 9.77. The van der Waals surface area contributed by atoms with Gasteiger partial charge in [-0.1, -0.05) is 32.8 Å². The maximum Gasteiger partial charge on any atom is 0.0959 e. The van der Waals surface area contributed by atoms with Gasteiger partial charge >= 0.3 is 0 Å². The molecule has 1 aromatic heterocycles. The number of hydrogen-bond acceptors (Lipinski definition) is 2. The topological polar surface area (TPSA) is 33.1 Å². The van der Waals surface area contributed by atoms with Gasteiger partial charge in [0.25, 0.3) is 0 Å². The Kier molecular flexibility index (Phi) is 4.60. The van der Waals surface area contributed by atoms with Crippen molar-refractivity contribution in [3.8, 4) is 0 Å². The van der Waals surface area contributed by atoms with Crippen molar-refractivity contribution in [2.45, 2.75) is 39.2 Å². The van der Waals surface area contributed by atoms with Crippen LogP contribution in [0.4, 0.5) is 0 Å². The first-order valence-electron chi connectivity index (χ1n) is 5.29. The standard InChI is InChI=1S/C12H19NO/c1-10(2)6-5-8-12(14)11-7-3-4-9-13-11/h3-4,7,9-10,12,14H,5-6,8H2,1-2H3. The fourth-order valence-corrected chi connectivity index (χ4v) is 1.44. The third-order valence-corrected chi connectivity index (χ3v) is 2.29. The van der Waals surface area contributed by atoms with Crippen LogP contribution < -0.4 is 0 Å². The third kappa shape index (κ3) is 3.88. The first-order chi connectivity index (χ1) is 6.70. The summed E-state index contributed by atoms with van der Waals surface area (Å²) in [6.07, 6.45) is 4.38. The van der Waals surface area contributed by atoms with Crippen LogP contribution in [0.15, 0.2) is 24.4 Å². The Hall–Kier alpha value is -0.890. The molecule has 0 bridgehead atoms. The average Bonchev–Trinajstić information content (AvgIpc) is 2.18. The molecule has 0 aromatic carbocycles. The predicted molar refractivity (Wildman–Crippen MR) is 57.9 cm³/mol. The molecule has 0 aliphatic carbocycles. The zero-order valence-corrected chi connectivity index (χ0v) is 8.98. The number of aliphatic hydroxyl groups is 1. The van der Waals surface area contributed by atoms with Crippen LogP contribution in [0.5, 0.6) is 0 Å². The summed E-state index contributed by atoms with van der Waals surface area (Å²) in [5.74, 6) is 0.714. The molecule has 1 rings (SSSR count). The molecule has 0 saturated heterocycles. The van der Waals surface area contributed by atoms with Crippen LogP contribution in [0.3, 0.4) is 0 Å². The Morgan fingerprint density at radius 3 is 2.64 bits per heavy atom. The van der Waals surface area contributed by atoms with E-state index in [4.69, 9.17) is 0 Å². The largest absolute Gasteiger partial charge is 0.387 e. The number of rotatable bonds is 5. The third-order valence-electron chi connectivity index (χ3n) is 2.29. The van der Waals surface area contributed by atoms with Gasteiger partial charge in [-0.2, -0.15) is 0 Å². The quantitative estimate of drug-likeness (QED) is 0.780. The zero-order chi connectivity index (χ0) is 10.4. The lowest BCUT2D eigenvalue weighted by Crippen LogP contribution is -2.00. The zero-order valence-electron chi connectivity index (χ0n) is 8.98. The van der Waals surface area contributed by atoms with Gasteiger partial charge in [0.15, 0.2) is 0 Å². The lowest BCUT2D eigenvalue weighted by molar-refractivity contribution is 0.157.